The molecule has 0 unspecified atom stereocenters. The normalized spacial score (nSPS) is 14.9. The Bertz CT molecular complexity index is 727. The number of rotatable bonds is 2. The zero-order chi connectivity index (χ0) is 16.4. The van der Waals surface area contributed by atoms with Crippen LogP contribution in [-0.2, 0) is 0 Å². The van der Waals surface area contributed by atoms with Gasteiger partial charge >= 0.3 is 0 Å². The standard InChI is InChI=1S/C18H18ClFN2O/c1-13-3-2-4-15(11-13)21-7-9-22(10-8-21)18(23)16-12-14(19)5-6-17(16)20/h2-6,11-12H,7-10H2,1H3. The number of carbonyl (C=O) groups is 1. The molecule has 5 heteroatoms. The Labute approximate surface area is 140 Å². The summed E-state index contributed by atoms with van der Waals surface area (Å²) in [5, 5.41) is 0.369. The van der Waals surface area contributed by atoms with Crippen molar-refractivity contribution in [2.24, 2.45) is 0 Å². The molecule has 3 rings (SSSR count). The van der Waals surface area contributed by atoms with Crippen LogP contribution in [0.4, 0.5) is 10.1 Å². The minimum atomic E-state index is -0.527. The molecular formula is C18H18ClFN2O. The van der Waals surface area contributed by atoms with Gasteiger partial charge < -0.3 is 9.80 Å². The SMILES string of the molecule is Cc1cccc(N2CCN(C(=O)c3cc(Cl)ccc3F)CC2)c1. The molecule has 0 aliphatic carbocycles. The first-order valence-corrected chi connectivity index (χ1v) is 7.98. The molecule has 0 atom stereocenters. The van der Waals surface area contributed by atoms with Gasteiger partial charge in [-0.25, -0.2) is 4.39 Å². The summed E-state index contributed by atoms with van der Waals surface area (Å²) >= 11 is 5.87. The van der Waals surface area contributed by atoms with Crippen LogP contribution in [0.15, 0.2) is 42.5 Å². The van der Waals surface area contributed by atoms with E-state index in [1.54, 1.807) is 4.90 Å². The molecule has 1 aliphatic rings. The number of nitrogens with zero attached hydrogens (tertiary/aromatic N) is 2. The van der Waals surface area contributed by atoms with Crippen molar-refractivity contribution >= 4 is 23.2 Å². The van der Waals surface area contributed by atoms with Crippen molar-refractivity contribution in [1.29, 1.82) is 0 Å². The summed E-state index contributed by atoms with van der Waals surface area (Å²) in [6, 6.07) is 12.4. The zero-order valence-electron chi connectivity index (χ0n) is 12.9. The summed E-state index contributed by atoms with van der Waals surface area (Å²) < 4.78 is 13.8. The highest BCUT2D eigenvalue weighted by Gasteiger charge is 2.24. The van der Waals surface area contributed by atoms with Crippen LogP contribution in [-0.4, -0.2) is 37.0 Å². The Morgan fingerprint density at radius 2 is 1.83 bits per heavy atom. The van der Waals surface area contributed by atoms with Crippen molar-refractivity contribution in [3.8, 4) is 0 Å². The molecule has 3 nitrogen and oxygen atoms in total. The lowest BCUT2D eigenvalue weighted by atomic mass is 10.1. The highest BCUT2D eigenvalue weighted by Crippen LogP contribution is 2.20. The third kappa shape index (κ3) is 3.48. The number of carbonyl (C=O) groups excluding carboxylic acids is 1. The van der Waals surface area contributed by atoms with Crippen LogP contribution in [0.2, 0.25) is 5.02 Å². The number of amides is 1. The maximum absolute atomic E-state index is 13.8. The Balaban J connectivity index is 1.69. The minimum absolute atomic E-state index is 0.0431. The zero-order valence-corrected chi connectivity index (χ0v) is 13.7. The molecule has 0 radical (unpaired) electrons. The van der Waals surface area contributed by atoms with Crippen molar-refractivity contribution in [2.75, 3.05) is 31.1 Å². The summed E-state index contributed by atoms with van der Waals surface area (Å²) in [6.07, 6.45) is 0. The molecule has 1 amide bonds. The Morgan fingerprint density at radius 1 is 1.09 bits per heavy atom. The maximum Gasteiger partial charge on any atom is 0.257 e. The van der Waals surface area contributed by atoms with E-state index < -0.39 is 5.82 Å². The monoisotopic (exact) mass is 332 g/mol. The van der Waals surface area contributed by atoms with Gasteiger partial charge in [-0.2, -0.15) is 0 Å². The van der Waals surface area contributed by atoms with Crippen LogP contribution in [0.1, 0.15) is 15.9 Å². The second-order valence-electron chi connectivity index (χ2n) is 5.74. The quantitative estimate of drug-likeness (QED) is 0.836. The first-order valence-electron chi connectivity index (χ1n) is 7.60. The number of hydrogen-bond acceptors (Lipinski definition) is 2. The lowest BCUT2D eigenvalue weighted by Crippen LogP contribution is -2.49. The van der Waals surface area contributed by atoms with Gasteiger partial charge in [0.15, 0.2) is 0 Å². The summed E-state index contributed by atoms with van der Waals surface area (Å²) in [4.78, 5) is 16.4. The fourth-order valence-corrected chi connectivity index (χ4v) is 3.00. The summed E-state index contributed by atoms with van der Waals surface area (Å²) in [6.45, 7) is 4.66. The Morgan fingerprint density at radius 3 is 2.52 bits per heavy atom. The lowest BCUT2D eigenvalue weighted by Gasteiger charge is -2.36. The molecule has 0 spiro atoms. The molecule has 0 saturated carbocycles. The van der Waals surface area contributed by atoms with E-state index in [0.717, 1.165) is 18.8 Å². The van der Waals surface area contributed by atoms with Gasteiger partial charge in [-0.3, -0.25) is 4.79 Å². The molecule has 0 bridgehead atoms. The van der Waals surface area contributed by atoms with Crippen molar-refractivity contribution < 1.29 is 9.18 Å². The number of piperazine rings is 1. The number of anilines is 1. The summed E-state index contributed by atoms with van der Waals surface area (Å²) in [5.41, 5.74) is 2.41. The van der Waals surface area contributed by atoms with Crippen LogP contribution in [0, 0.1) is 12.7 Å². The highest BCUT2D eigenvalue weighted by molar-refractivity contribution is 6.31. The van der Waals surface area contributed by atoms with E-state index in [4.69, 9.17) is 11.6 Å². The third-order valence-electron chi connectivity index (χ3n) is 4.09. The molecule has 2 aromatic rings. The second-order valence-corrected chi connectivity index (χ2v) is 6.18. The second kappa shape index (κ2) is 6.59. The first kappa shape index (κ1) is 15.8. The maximum atomic E-state index is 13.8. The molecule has 0 N–H and O–H groups in total. The van der Waals surface area contributed by atoms with Gasteiger partial charge in [0.25, 0.3) is 5.91 Å². The predicted octanol–water partition coefficient (Wildman–Crippen LogP) is 3.75. The van der Waals surface area contributed by atoms with E-state index in [1.807, 2.05) is 6.07 Å². The summed E-state index contributed by atoms with van der Waals surface area (Å²) in [7, 11) is 0. The van der Waals surface area contributed by atoms with Crippen molar-refractivity contribution in [2.45, 2.75) is 6.92 Å². The minimum Gasteiger partial charge on any atom is -0.368 e. The number of benzene rings is 2. The molecule has 1 fully saturated rings. The van der Waals surface area contributed by atoms with Crippen LogP contribution < -0.4 is 4.90 Å². The van der Waals surface area contributed by atoms with Crippen LogP contribution >= 0.6 is 11.6 Å². The number of halogens is 2. The fourth-order valence-electron chi connectivity index (χ4n) is 2.82. The average Bonchev–Trinajstić information content (AvgIpc) is 2.56. The van der Waals surface area contributed by atoms with E-state index >= 15 is 0 Å². The molecular weight excluding hydrogens is 315 g/mol. The van der Waals surface area contributed by atoms with Crippen molar-refractivity contribution in [3.63, 3.8) is 0 Å². The lowest BCUT2D eigenvalue weighted by molar-refractivity contribution is 0.0742. The molecule has 2 aromatic carbocycles. The van der Waals surface area contributed by atoms with E-state index in [-0.39, 0.29) is 11.5 Å². The van der Waals surface area contributed by atoms with E-state index in [2.05, 4.69) is 30.0 Å². The molecule has 1 heterocycles. The van der Waals surface area contributed by atoms with E-state index in [0.29, 0.717) is 18.1 Å². The van der Waals surface area contributed by atoms with Crippen molar-refractivity contribution in [1.82, 2.24) is 4.90 Å². The molecule has 120 valence electrons. The molecule has 0 aromatic heterocycles. The van der Waals surface area contributed by atoms with Gasteiger partial charge in [0.2, 0.25) is 0 Å². The number of aryl methyl sites for hydroxylation is 1. The highest BCUT2D eigenvalue weighted by atomic mass is 35.5. The number of hydrogen-bond donors (Lipinski definition) is 0. The first-order chi connectivity index (χ1) is 11.0. The molecule has 23 heavy (non-hydrogen) atoms. The van der Waals surface area contributed by atoms with Gasteiger partial charge in [0, 0.05) is 36.9 Å². The molecule has 1 aliphatic heterocycles. The Hall–Kier alpha value is -2.07. The van der Waals surface area contributed by atoms with E-state index in [9.17, 15) is 9.18 Å². The van der Waals surface area contributed by atoms with Crippen LogP contribution in [0.3, 0.4) is 0 Å². The van der Waals surface area contributed by atoms with Crippen molar-refractivity contribution in [3.05, 3.63) is 64.4 Å². The topological polar surface area (TPSA) is 23.6 Å². The molecule has 1 saturated heterocycles. The predicted molar refractivity (Wildman–Crippen MR) is 90.7 cm³/mol. The van der Waals surface area contributed by atoms with Gasteiger partial charge in [0.05, 0.1) is 5.56 Å². The largest absolute Gasteiger partial charge is 0.368 e. The third-order valence-corrected chi connectivity index (χ3v) is 4.33. The van der Waals surface area contributed by atoms with Gasteiger partial charge in [-0.05, 0) is 42.8 Å². The van der Waals surface area contributed by atoms with E-state index in [1.165, 1.54) is 23.8 Å². The van der Waals surface area contributed by atoms with Crippen LogP contribution in [0.25, 0.3) is 0 Å². The summed E-state index contributed by atoms with van der Waals surface area (Å²) in [5.74, 6) is -0.825. The fraction of sp³-hybridized carbons (Fsp3) is 0.278. The van der Waals surface area contributed by atoms with Gasteiger partial charge in [-0.15, -0.1) is 0 Å². The van der Waals surface area contributed by atoms with Gasteiger partial charge in [0.1, 0.15) is 5.82 Å². The smallest absolute Gasteiger partial charge is 0.257 e. The van der Waals surface area contributed by atoms with Gasteiger partial charge in [-0.1, -0.05) is 23.7 Å². The average molecular weight is 333 g/mol. The van der Waals surface area contributed by atoms with Crippen LogP contribution in [0.5, 0.6) is 0 Å². The Kier molecular flexibility index (Phi) is 4.53.